The van der Waals surface area contributed by atoms with Crippen LogP contribution in [0.2, 0.25) is 5.02 Å². The molecule has 4 nitrogen and oxygen atoms in total. The van der Waals surface area contributed by atoms with E-state index in [0.29, 0.717) is 24.5 Å². The summed E-state index contributed by atoms with van der Waals surface area (Å²) in [6, 6.07) is 10.3. The van der Waals surface area contributed by atoms with E-state index in [4.69, 9.17) is 11.6 Å². The van der Waals surface area contributed by atoms with Crippen LogP contribution in [0.15, 0.2) is 41.8 Å². The summed E-state index contributed by atoms with van der Waals surface area (Å²) in [5.41, 5.74) is 0.779. The Morgan fingerprint density at radius 1 is 1.32 bits per heavy atom. The van der Waals surface area contributed by atoms with Crippen molar-refractivity contribution in [3.05, 3.63) is 57.2 Å². The molecule has 1 saturated heterocycles. The number of nitrogens with zero attached hydrogens (tertiary/aromatic N) is 1. The summed E-state index contributed by atoms with van der Waals surface area (Å²) in [6.07, 6.45) is 0.328. The Labute approximate surface area is 137 Å². The zero-order chi connectivity index (χ0) is 15.5. The van der Waals surface area contributed by atoms with Crippen molar-refractivity contribution < 1.29 is 9.59 Å². The molecule has 0 saturated carbocycles. The number of rotatable bonds is 3. The van der Waals surface area contributed by atoms with Gasteiger partial charge < -0.3 is 10.2 Å². The van der Waals surface area contributed by atoms with Gasteiger partial charge in [-0.25, -0.2) is 0 Å². The summed E-state index contributed by atoms with van der Waals surface area (Å²) in [5, 5.41) is 5.38. The molecule has 0 aliphatic carbocycles. The molecule has 2 heterocycles. The highest BCUT2D eigenvalue weighted by atomic mass is 35.5. The second-order valence-corrected chi connectivity index (χ2v) is 6.56. The third kappa shape index (κ3) is 3.15. The van der Waals surface area contributed by atoms with Gasteiger partial charge in [-0.1, -0.05) is 29.8 Å². The number of carbonyl (C=O) groups excluding carboxylic acids is 2. The zero-order valence-electron chi connectivity index (χ0n) is 11.8. The first-order chi connectivity index (χ1) is 10.6. The number of amides is 2. The highest BCUT2D eigenvalue weighted by Gasteiger charge is 2.34. The normalized spacial score (nSPS) is 18.1. The molecule has 2 amide bonds. The topological polar surface area (TPSA) is 49.4 Å². The number of halogens is 1. The van der Waals surface area contributed by atoms with Gasteiger partial charge in [-0.05, 0) is 29.1 Å². The molecule has 0 spiro atoms. The third-order valence-corrected chi connectivity index (χ3v) is 4.75. The number of hydrogen-bond acceptors (Lipinski definition) is 3. The molecule has 3 rings (SSSR count). The molecular weight excluding hydrogens is 320 g/mol. The summed E-state index contributed by atoms with van der Waals surface area (Å²) in [5.74, 6) is -0.176. The molecule has 114 valence electrons. The smallest absolute Gasteiger partial charge is 0.247 e. The first-order valence-corrected chi connectivity index (χ1v) is 8.26. The minimum Gasteiger partial charge on any atom is -0.352 e. The fourth-order valence-corrected chi connectivity index (χ4v) is 3.40. The predicted octanol–water partition coefficient (Wildman–Crippen LogP) is 2.64. The number of thiophene rings is 1. The third-order valence-electron chi connectivity index (χ3n) is 3.62. The first-order valence-electron chi connectivity index (χ1n) is 7.00. The summed E-state index contributed by atoms with van der Waals surface area (Å²) < 4.78 is 0. The van der Waals surface area contributed by atoms with Crippen LogP contribution >= 0.6 is 22.9 Å². The number of benzene rings is 1. The van der Waals surface area contributed by atoms with Crippen LogP contribution < -0.4 is 5.32 Å². The van der Waals surface area contributed by atoms with Gasteiger partial charge in [0.2, 0.25) is 11.8 Å². The van der Waals surface area contributed by atoms with Crippen LogP contribution in [-0.4, -0.2) is 29.8 Å². The van der Waals surface area contributed by atoms with Crippen LogP contribution in [0.3, 0.4) is 0 Å². The maximum absolute atomic E-state index is 12.6. The molecule has 1 atom stereocenters. The average Bonchev–Trinajstić information content (AvgIpc) is 3.01. The van der Waals surface area contributed by atoms with Crippen molar-refractivity contribution in [3.63, 3.8) is 0 Å². The lowest BCUT2D eigenvalue weighted by Crippen LogP contribution is -2.52. The lowest BCUT2D eigenvalue weighted by Gasteiger charge is -2.35. The highest BCUT2D eigenvalue weighted by Crippen LogP contribution is 2.26. The quantitative estimate of drug-likeness (QED) is 0.938. The van der Waals surface area contributed by atoms with Gasteiger partial charge >= 0.3 is 0 Å². The SMILES string of the molecule is O=C1NCCN(C(=O)Cc2cccs2)C1c1ccc(Cl)cc1. The monoisotopic (exact) mass is 334 g/mol. The van der Waals surface area contributed by atoms with E-state index in [2.05, 4.69) is 5.32 Å². The molecule has 1 aliphatic heterocycles. The van der Waals surface area contributed by atoms with Gasteiger partial charge in [0, 0.05) is 23.0 Å². The minimum atomic E-state index is -0.585. The van der Waals surface area contributed by atoms with Gasteiger partial charge in [0.05, 0.1) is 6.42 Å². The lowest BCUT2D eigenvalue weighted by atomic mass is 10.0. The van der Waals surface area contributed by atoms with Crippen molar-refractivity contribution in [3.8, 4) is 0 Å². The number of nitrogens with one attached hydrogen (secondary N) is 1. The van der Waals surface area contributed by atoms with Gasteiger partial charge in [-0.2, -0.15) is 0 Å². The van der Waals surface area contributed by atoms with Crippen LogP contribution in [0, 0.1) is 0 Å². The second-order valence-electron chi connectivity index (χ2n) is 5.09. The Kier molecular flexibility index (Phi) is 4.45. The van der Waals surface area contributed by atoms with Gasteiger partial charge in [0.1, 0.15) is 6.04 Å². The Balaban J connectivity index is 1.84. The fourth-order valence-electron chi connectivity index (χ4n) is 2.58. The van der Waals surface area contributed by atoms with Crippen molar-refractivity contribution in [2.75, 3.05) is 13.1 Å². The molecule has 1 fully saturated rings. The van der Waals surface area contributed by atoms with Crippen LogP contribution in [-0.2, 0) is 16.0 Å². The van der Waals surface area contributed by atoms with E-state index < -0.39 is 6.04 Å². The number of carbonyl (C=O) groups is 2. The Morgan fingerprint density at radius 2 is 2.09 bits per heavy atom. The van der Waals surface area contributed by atoms with E-state index in [-0.39, 0.29) is 11.8 Å². The van der Waals surface area contributed by atoms with E-state index >= 15 is 0 Å². The van der Waals surface area contributed by atoms with E-state index in [0.717, 1.165) is 10.4 Å². The predicted molar refractivity (Wildman–Crippen MR) is 86.9 cm³/mol. The standard InChI is InChI=1S/C16H15ClN2O2S/c17-12-5-3-11(4-6-12)15-16(21)18-7-8-19(15)14(20)10-13-2-1-9-22-13/h1-6,9,15H,7-8,10H2,(H,18,21). The van der Waals surface area contributed by atoms with E-state index in [1.807, 2.05) is 17.5 Å². The summed E-state index contributed by atoms with van der Waals surface area (Å²) in [7, 11) is 0. The largest absolute Gasteiger partial charge is 0.352 e. The maximum atomic E-state index is 12.6. The van der Waals surface area contributed by atoms with Crippen LogP contribution in [0.4, 0.5) is 0 Å². The molecule has 0 bridgehead atoms. The molecule has 22 heavy (non-hydrogen) atoms. The number of piperazine rings is 1. The van der Waals surface area contributed by atoms with Gasteiger partial charge in [0.25, 0.3) is 0 Å². The first kappa shape index (κ1) is 15.1. The minimum absolute atomic E-state index is 0.0303. The summed E-state index contributed by atoms with van der Waals surface area (Å²) in [4.78, 5) is 27.5. The second kappa shape index (κ2) is 6.50. The molecule has 1 aromatic heterocycles. The molecule has 0 radical (unpaired) electrons. The lowest BCUT2D eigenvalue weighted by molar-refractivity contribution is -0.143. The summed E-state index contributed by atoms with van der Waals surface area (Å²) in [6.45, 7) is 1.00. The van der Waals surface area contributed by atoms with Crippen molar-refractivity contribution in [1.82, 2.24) is 10.2 Å². The molecule has 1 N–H and O–H groups in total. The Morgan fingerprint density at radius 3 is 2.77 bits per heavy atom. The van der Waals surface area contributed by atoms with E-state index in [9.17, 15) is 9.59 Å². The molecule has 2 aromatic rings. The van der Waals surface area contributed by atoms with Crippen LogP contribution in [0.25, 0.3) is 0 Å². The molecule has 1 aliphatic rings. The van der Waals surface area contributed by atoms with Crippen molar-refractivity contribution in [1.29, 1.82) is 0 Å². The maximum Gasteiger partial charge on any atom is 0.247 e. The van der Waals surface area contributed by atoms with Crippen molar-refractivity contribution >= 4 is 34.8 Å². The van der Waals surface area contributed by atoms with Gasteiger partial charge in [-0.15, -0.1) is 11.3 Å². The van der Waals surface area contributed by atoms with Crippen molar-refractivity contribution in [2.24, 2.45) is 0 Å². The van der Waals surface area contributed by atoms with Gasteiger partial charge in [0.15, 0.2) is 0 Å². The van der Waals surface area contributed by atoms with E-state index in [1.54, 1.807) is 40.5 Å². The molecular formula is C16H15ClN2O2S. The summed E-state index contributed by atoms with van der Waals surface area (Å²) >= 11 is 7.45. The molecule has 1 aromatic carbocycles. The molecule has 6 heteroatoms. The van der Waals surface area contributed by atoms with Crippen LogP contribution in [0.5, 0.6) is 0 Å². The number of hydrogen-bond donors (Lipinski definition) is 1. The zero-order valence-corrected chi connectivity index (χ0v) is 13.4. The van der Waals surface area contributed by atoms with E-state index in [1.165, 1.54) is 0 Å². The molecule has 1 unspecified atom stereocenters. The Hall–Kier alpha value is -1.85. The van der Waals surface area contributed by atoms with Crippen LogP contribution in [0.1, 0.15) is 16.5 Å². The Bertz CT molecular complexity index is 670. The van der Waals surface area contributed by atoms with Crippen molar-refractivity contribution in [2.45, 2.75) is 12.5 Å². The average molecular weight is 335 g/mol. The van der Waals surface area contributed by atoms with Gasteiger partial charge in [-0.3, -0.25) is 9.59 Å². The fraction of sp³-hybridized carbons (Fsp3) is 0.250. The highest BCUT2D eigenvalue weighted by molar-refractivity contribution is 7.10.